The normalized spacial score (nSPS) is 10.5. The molecule has 0 spiro atoms. The van der Waals surface area contributed by atoms with Gasteiger partial charge in [-0.25, -0.2) is 14.8 Å². The van der Waals surface area contributed by atoms with Crippen LogP contribution in [0.1, 0.15) is 17.3 Å². The van der Waals surface area contributed by atoms with Crippen molar-refractivity contribution in [3.63, 3.8) is 0 Å². The van der Waals surface area contributed by atoms with Gasteiger partial charge in [0, 0.05) is 19.0 Å². The minimum absolute atomic E-state index is 0.237. The minimum atomic E-state index is -0.948. The molecule has 5 heteroatoms. The molecular weight excluding hydrogens is 218 g/mol. The van der Waals surface area contributed by atoms with Gasteiger partial charge in [0.1, 0.15) is 12.1 Å². The van der Waals surface area contributed by atoms with E-state index in [0.717, 1.165) is 17.7 Å². The van der Waals surface area contributed by atoms with E-state index in [1.807, 2.05) is 18.9 Å². The Morgan fingerprint density at radius 1 is 1.41 bits per heavy atom. The molecule has 1 N–H and O–H groups in total. The highest BCUT2D eigenvalue weighted by Gasteiger charge is 2.09. The van der Waals surface area contributed by atoms with E-state index in [1.54, 1.807) is 18.2 Å². The number of hydrogen-bond acceptors (Lipinski definition) is 4. The van der Waals surface area contributed by atoms with Crippen molar-refractivity contribution in [1.82, 2.24) is 9.97 Å². The molecule has 0 aliphatic heterocycles. The molecule has 0 atom stereocenters. The van der Waals surface area contributed by atoms with Crippen LogP contribution in [0.15, 0.2) is 24.5 Å². The Bertz CT molecular complexity index is 569. The zero-order valence-electron chi connectivity index (χ0n) is 9.71. The molecule has 2 aromatic rings. The van der Waals surface area contributed by atoms with Gasteiger partial charge < -0.3 is 10.0 Å². The lowest BCUT2D eigenvalue weighted by molar-refractivity contribution is 0.0697. The summed E-state index contributed by atoms with van der Waals surface area (Å²) in [6.45, 7) is 2.85. The maximum absolute atomic E-state index is 10.9. The fraction of sp³-hybridized carbons (Fsp3) is 0.250. The SMILES string of the molecule is CCN(C)c1ncnc2cc(C(=O)O)ccc12. The standard InChI is InChI=1S/C12H13N3O2/c1-3-15(2)11-9-5-4-8(12(16)17)6-10(9)13-7-14-11/h4-7H,3H2,1-2H3,(H,16,17). The minimum Gasteiger partial charge on any atom is -0.478 e. The Labute approximate surface area is 98.7 Å². The van der Waals surface area contributed by atoms with Crippen LogP contribution >= 0.6 is 0 Å². The van der Waals surface area contributed by atoms with Crippen LogP contribution in [0.3, 0.4) is 0 Å². The van der Waals surface area contributed by atoms with Crippen LogP contribution in [0.5, 0.6) is 0 Å². The molecule has 0 amide bonds. The predicted molar refractivity (Wildman–Crippen MR) is 65.4 cm³/mol. The molecule has 2 rings (SSSR count). The molecular formula is C12H13N3O2. The first kappa shape index (κ1) is 11.3. The molecule has 1 aromatic heterocycles. The number of aromatic carboxylic acids is 1. The molecule has 1 heterocycles. The van der Waals surface area contributed by atoms with Gasteiger partial charge in [0.25, 0.3) is 0 Å². The highest BCUT2D eigenvalue weighted by atomic mass is 16.4. The summed E-state index contributed by atoms with van der Waals surface area (Å²) in [6.07, 6.45) is 1.45. The molecule has 17 heavy (non-hydrogen) atoms. The van der Waals surface area contributed by atoms with E-state index in [9.17, 15) is 4.79 Å². The van der Waals surface area contributed by atoms with Crippen LogP contribution in [-0.4, -0.2) is 34.6 Å². The van der Waals surface area contributed by atoms with Crippen molar-refractivity contribution in [2.45, 2.75) is 6.92 Å². The Kier molecular flexibility index (Phi) is 2.91. The van der Waals surface area contributed by atoms with E-state index in [2.05, 4.69) is 9.97 Å². The number of benzene rings is 1. The first-order chi connectivity index (χ1) is 8.13. The second-order valence-corrected chi connectivity index (χ2v) is 3.75. The van der Waals surface area contributed by atoms with Gasteiger partial charge in [0.15, 0.2) is 0 Å². The third-order valence-electron chi connectivity index (χ3n) is 2.70. The van der Waals surface area contributed by atoms with Gasteiger partial charge in [-0.15, -0.1) is 0 Å². The fourth-order valence-electron chi connectivity index (χ4n) is 1.63. The fourth-order valence-corrected chi connectivity index (χ4v) is 1.63. The second kappa shape index (κ2) is 4.37. The average Bonchev–Trinajstić information content (AvgIpc) is 2.36. The maximum atomic E-state index is 10.9. The molecule has 0 aliphatic carbocycles. The number of aromatic nitrogens is 2. The summed E-state index contributed by atoms with van der Waals surface area (Å²) in [5.74, 6) is -0.134. The van der Waals surface area contributed by atoms with Crippen molar-refractivity contribution in [1.29, 1.82) is 0 Å². The van der Waals surface area contributed by atoms with Crippen LogP contribution in [0.25, 0.3) is 10.9 Å². The lowest BCUT2D eigenvalue weighted by atomic mass is 10.1. The quantitative estimate of drug-likeness (QED) is 0.872. The number of rotatable bonds is 3. The third-order valence-corrected chi connectivity index (χ3v) is 2.70. The summed E-state index contributed by atoms with van der Waals surface area (Å²) in [6, 6.07) is 4.88. The first-order valence-corrected chi connectivity index (χ1v) is 5.32. The Morgan fingerprint density at radius 2 is 2.18 bits per heavy atom. The summed E-state index contributed by atoms with van der Waals surface area (Å²) in [5.41, 5.74) is 0.886. The Morgan fingerprint density at radius 3 is 2.82 bits per heavy atom. The molecule has 1 aromatic carbocycles. The topological polar surface area (TPSA) is 66.3 Å². The number of carbonyl (C=O) groups is 1. The molecule has 0 bridgehead atoms. The monoisotopic (exact) mass is 231 g/mol. The molecule has 0 radical (unpaired) electrons. The van der Waals surface area contributed by atoms with E-state index >= 15 is 0 Å². The number of carboxylic acid groups (broad SMARTS) is 1. The highest BCUT2D eigenvalue weighted by Crippen LogP contribution is 2.22. The Hall–Kier alpha value is -2.17. The predicted octanol–water partition coefficient (Wildman–Crippen LogP) is 1.78. The van der Waals surface area contributed by atoms with Crippen LogP contribution in [-0.2, 0) is 0 Å². The number of anilines is 1. The molecule has 88 valence electrons. The molecule has 0 fully saturated rings. The van der Waals surface area contributed by atoms with Crippen molar-refractivity contribution in [3.8, 4) is 0 Å². The summed E-state index contributed by atoms with van der Waals surface area (Å²) in [7, 11) is 1.94. The van der Waals surface area contributed by atoms with Crippen molar-refractivity contribution in [2.24, 2.45) is 0 Å². The number of hydrogen-bond donors (Lipinski definition) is 1. The van der Waals surface area contributed by atoms with E-state index < -0.39 is 5.97 Å². The lowest BCUT2D eigenvalue weighted by Crippen LogP contribution is -2.17. The molecule has 5 nitrogen and oxygen atoms in total. The van der Waals surface area contributed by atoms with Crippen LogP contribution in [0, 0.1) is 0 Å². The molecule has 0 aliphatic rings. The summed E-state index contributed by atoms with van der Waals surface area (Å²) < 4.78 is 0. The Balaban J connectivity index is 2.62. The largest absolute Gasteiger partial charge is 0.478 e. The van der Waals surface area contributed by atoms with Crippen molar-refractivity contribution in [2.75, 3.05) is 18.5 Å². The van der Waals surface area contributed by atoms with Crippen LogP contribution in [0.2, 0.25) is 0 Å². The second-order valence-electron chi connectivity index (χ2n) is 3.75. The molecule has 0 saturated carbocycles. The smallest absolute Gasteiger partial charge is 0.335 e. The van der Waals surface area contributed by atoms with Crippen molar-refractivity contribution < 1.29 is 9.90 Å². The lowest BCUT2D eigenvalue weighted by Gasteiger charge is -2.17. The van der Waals surface area contributed by atoms with Gasteiger partial charge in [0.2, 0.25) is 0 Å². The highest BCUT2D eigenvalue weighted by molar-refractivity contribution is 5.96. The van der Waals surface area contributed by atoms with E-state index in [4.69, 9.17) is 5.11 Å². The number of nitrogens with zero attached hydrogens (tertiary/aromatic N) is 3. The van der Waals surface area contributed by atoms with E-state index in [1.165, 1.54) is 6.33 Å². The first-order valence-electron chi connectivity index (χ1n) is 5.32. The summed E-state index contributed by atoms with van der Waals surface area (Å²) in [5, 5.41) is 9.78. The summed E-state index contributed by atoms with van der Waals surface area (Å²) in [4.78, 5) is 21.2. The molecule has 0 saturated heterocycles. The van der Waals surface area contributed by atoms with Crippen molar-refractivity contribution in [3.05, 3.63) is 30.1 Å². The average molecular weight is 231 g/mol. The van der Waals surface area contributed by atoms with Gasteiger partial charge in [-0.1, -0.05) is 0 Å². The van der Waals surface area contributed by atoms with Gasteiger partial charge >= 0.3 is 5.97 Å². The van der Waals surface area contributed by atoms with Crippen LogP contribution < -0.4 is 4.90 Å². The third kappa shape index (κ3) is 2.04. The zero-order chi connectivity index (χ0) is 12.4. The van der Waals surface area contributed by atoms with Gasteiger partial charge in [-0.3, -0.25) is 0 Å². The number of fused-ring (bicyclic) bond motifs is 1. The van der Waals surface area contributed by atoms with E-state index in [-0.39, 0.29) is 5.56 Å². The van der Waals surface area contributed by atoms with Gasteiger partial charge in [-0.05, 0) is 25.1 Å². The van der Waals surface area contributed by atoms with Gasteiger partial charge in [-0.2, -0.15) is 0 Å². The molecule has 0 unspecified atom stereocenters. The van der Waals surface area contributed by atoms with E-state index in [0.29, 0.717) is 5.52 Å². The summed E-state index contributed by atoms with van der Waals surface area (Å²) >= 11 is 0. The number of carboxylic acids is 1. The maximum Gasteiger partial charge on any atom is 0.335 e. The van der Waals surface area contributed by atoms with Gasteiger partial charge in [0.05, 0.1) is 11.1 Å². The van der Waals surface area contributed by atoms with Crippen LogP contribution in [0.4, 0.5) is 5.82 Å². The van der Waals surface area contributed by atoms with Crippen molar-refractivity contribution >= 4 is 22.7 Å². The zero-order valence-corrected chi connectivity index (χ0v) is 9.71.